The van der Waals surface area contributed by atoms with E-state index >= 15 is 0 Å². The highest BCUT2D eigenvalue weighted by Crippen LogP contribution is 2.25. The maximum absolute atomic E-state index is 5.90. The van der Waals surface area contributed by atoms with Gasteiger partial charge >= 0.3 is 0 Å². The van der Waals surface area contributed by atoms with Crippen LogP contribution in [0.2, 0.25) is 0 Å². The van der Waals surface area contributed by atoms with E-state index < -0.39 is 0 Å². The number of methoxy groups -OCH3 is 1. The molecule has 1 aromatic carbocycles. The molecular formula is C20H34IN3O2. The standard InChI is InChI=1S/C20H33N3O2.HI/c1-20(2,3)17-7-6-8-18(13-17)25-12-10-22-19(21-4)23-11-9-16(14-23)15-24-5;/h6-8,13,16H,9-12,14-15H2,1-5H3,(H,21,22);1H. The van der Waals surface area contributed by atoms with Crippen LogP contribution >= 0.6 is 24.0 Å². The van der Waals surface area contributed by atoms with Crippen LogP contribution in [0.25, 0.3) is 0 Å². The average molecular weight is 475 g/mol. The van der Waals surface area contributed by atoms with Gasteiger partial charge in [-0.15, -0.1) is 24.0 Å². The lowest BCUT2D eigenvalue weighted by Crippen LogP contribution is -2.41. The van der Waals surface area contributed by atoms with Crippen molar-refractivity contribution >= 4 is 29.9 Å². The molecule has 1 saturated heterocycles. The summed E-state index contributed by atoms with van der Waals surface area (Å²) in [7, 11) is 3.60. The SMILES string of the molecule is CN=C(NCCOc1cccc(C(C)(C)C)c1)N1CCC(COC)C1.I. The molecular weight excluding hydrogens is 441 g/mol. The highest BCUT2D eigenvalue weighted by molar-refractivity contribution is 14.0. The van der Waals surface area contributed by atoms with Crippen LogP contribution in [0.15, 0.2) is 29.3 Å². The summed E-state index contributed by atoms with van der Waals surface area (Å²) in [5, 5.41) is 3.40. The van der Waals surface area contributed by atoms with Gasteiger partial charge in [0.25, 0.3) is 0 Å². The van der Waals surface area contributed by atoms with Crippen LogP contribution < -0.4 is 10.1 Å². The molecule has 0 aliphatic carbocycles. The average Bonchev–Trinajstić information content (AvgIpc) is 3.03. The number of halogens is 1. The topological polar surface area (TPSA) is 46.1 Å². The summed E-state index contributed by atoms with van der Waals surface area (Å²) in [6.07, 6.45) is 1.16. The lowest BCUT2D eigenvalue weighted by atomic mass is 9.87. The Balaban J connectivity index is 0.00000338. The molecule has 0 radical (unpaired) electrons. The highest BCUT2D eigenvalue weighted by Gasteiger charge is 2.24. The van der Waals surface area contributed by atoms with E-state index in [-0.39, 0.29) is 29.4 Å². The predicted molar refractivity (Wildman–Crippen MR) is 119 cm³/mol. The van der Waals surface area contributed by atoms with E-state index in [0.29, 0.717) is 12.5 Å². The number of hydrogen-bond donors (Lipinski definition) is 1. The van der Waals surface area contributed by atoms with Crippen LogP contribution in [0.4, 0.5) is 0 Å². The first-order valence-electron chi connectivity index (χ1n) is 9.12. The summed E-state index contributed by atoms with van der Waals surface area (Å²) >= 11 is 0. The molecule has 5 nitrogen and oxygen atoms in total. The van der Waals surface area contributed by atoms with E-state index in [1.54, 1.807) is 7.11 Å². The second-order valence-electron chi connectivity index (χ2n) is 7.66. The van der Waals surface area contributed by atoms with Gasteiger partial charge in [-0.1, -0.05) is 32.9 Å². The Bertz CT molecular complexity index is 572. The fourth-order valence-corrected chi connectivity index (χ4v) is 3.11. The number of likely N-dealkylation sites (tertiary alicyclic amines) is 1. The first kappa shape index (κ1) is 23.0. The molecule has 0 aromatic heterocycles. The molecule has 1 fully saturated rings. The van der Waals surface area contributed by atoms with Crippen LogP contribution in [0, 0.1) is 5.92 Å². The molecule has 0 spiro atoms. The lowest BCUT2D eigenvalue weighted by Gasteiger charge is -2.22. The Morgan fingerprint density at radius 3 is 2.77 bits per heavy atom. The van der Waals surface area contributed by atoms with Crippen molar-refractivity contribution in [1.29, 1.82) is 0 Å². The molecule has 1 aliphatic rings. The molecule has 148 valence electrons. The number of rotatable bonds is 6. The molecule has 26 heavy (non-hydrogen) atoms. The summed E-state index contributed by atoms with van der Waals surface area (Å²) in [4.78, 5) is 6.69. The van der Waals surface area contributed by atoms with Gasteiger partial charge in [-0.25, -0.2) is 0 Å². The van der Waals surface area contributed by atoms with Crippen LogP contribution in [-0.2, 0) is 10.2 Å². The number of nitrogens with zero attached hydrogens (tertiary/aromatic N) is 2. The van der Waals surface area contributed by atoms with Crippen LogP contribution in [-0.4, -0.2) is 57.9 Å². The van der Waals surface area contributed by atoms with E-state index in [1.165, 1.54) is 5.56 Å². The number of ether oxygens (including phenoxy) is 2. The van der Waals surface area contributed by atoms with Crippen molar-refractivity contribution < 1.29 is 9.47 Å². The summed E-state index contributed by atoms with van der Waals surface area (Å²) in [6, 6.07) is 8.35. The molecule has 1 aromatic rings. The van der Waals surface area contributed by atoms with Crippen LogP contribution in [0.3, 0.4) is 0 Å². The third-order valence-electron chi connectivity index (χ3n) is 4.55. The Labute approximate surface area is 175 Å². The van der Waals surface area contributed by atoms with Gasteiger partial charge in [0.2, 0.25) is 0 Å². The predicted octanol–water partition coefficient (Wildman–Crippen LogP) is 3.52. The number of guanidine groups is 1. The molecule has 0 amide bonds. The zero-order valence-electron chi connectivity index (χ0n) is 16.7. The number of aliphatic imine (C=N–C) groups is 1. The van der Waals surface area contributed by atoms with E-state index in [4.69, 9.17) is 9.47 Å². The minimum atomic E-state index is 0. The highest BCUT2D eigenvalue weighted by atomic mass is 127. The van der Waals surface area contributed by atoms with Crippen LogP contribution in [0.5, 0.6) is 5.75 Å². The summed E-state index contributed by atoms with van der Waals surface area (Å²) in [6.45, 7) is 10.8. The maximum atomic E-state index is 5.90. The fourth-order valence-electron chi connectivity index (χ4n) is 3.11. The van der Waals surface area contributed by atoms with Gasteiger partial charge in [-0.05, 0) is 29.5 Å². The fraction of sp³-hybridized carbons (Fsp3) is 0.650. The molecule has 0 saturated carbocycles. The molecule has 2 rings (SSSR count). The van der Waals surface area contributed by atoms with Crippen molar-refractivity contribution in [3.05, 3.63) is 29.8 Å². The Kier molecular flexibility index (Phi) is 9.71. The minimum absolute atomic E-state index is 0. The van der Waals surface area contributed by atoms with Crippen LogP contribution in [0.1, 0.15) is 32.8 Å². The second-order valence-corrected chi connectivity index (χ2v) is 7.66. The second kappa shape index (κ2) is 11.0. The van der Waals surface area contributed by atoms with E-state index in [2.05, 4.69) is 54.2 Å². The first-order chi connectivity index (χ1) is 11.9. The summed E-state index contributed by atoms with van der Waals surface area (Å²) < 4.78 is 11.2. The minimum Gasteiger partial charge on any atom is -0.492 e. The number of benzene rings is 1. The zero-order valence-corrected chi connectivity index (χ0v) is 19.1. The van der Waals surface area contributed by atoms with Gasteiger partial charge in [-0.2, -0.15) is 0 Å². The van der Waals surface area contributed by atoms with Gasteiger partial charge in [0.05, 0.1) is 13.2 Å². The molecule has 1 atom stereocenters. The van der Waals surface area contributed by atoms with Gasteiger partial charge in [-0.3, -0.25) is 4.99 Å². The van der Waals surface area contributed by atoms with Gasteiger partial charge in [0, 0.05) is 33.2 Å². The monoisotopic (exact) mass is 475 g/mol. The Hall–Kier alpha value is -1.02. The third kappa shape index (κ3) is 6.95. The van der Waals surface area contributed by atoms with Gasteiger partial charge in [0.1, 0.15) is 12.4 Å². The van der Waals surface area contributed by atoms with E-state index in [9.17, 15) is 0 Å². The van der Waals surface area contributed by atoms with Crippen molar-refractivity contribution in [2.24, 2.45) is 10.9 Å². The molecule has 1 heterocycles. The first-order valence-corrected chi connectivity index (χ1v) is 9.12. The molecule has 1 N–H and O–H groups in total. The van der Waals surface area contributed by atoms with Crippen molar-refractivity contribution in [1.82, 2.24) is 10.2 Å². The van der Waals surface area contributed by atoms with Gasteiger partial charge in [0.15, 0.2) is 5.96 Å². The zero-order chi connectivity index (χ0) is 18.3. The third-order valence-corrected chi connectivity index (χ3v) is 4.55. The Morgan fingerprint density at radius 2 is 2.12 bits per heavy atom. The van der Waals surface area contributed by atoms with Crippen molar-refractivity contribution in [2.45, 2.75) is 32.6 Å². The van der Waals surface area contributed by atoms with Crippen molar-refractivity contribution in [2.75, 3.05) is 47.0 Å². The van der Waals surface area contributed by atoms with Crippen molar-refractivity contribution in [3.63, 3.8) is 0 Å². The molecule has 1 unspecified atom stereocenters. The van der Waals surface area contributed by atoms with Crippen molar-refractivity contribution in [3.8, 4) is 5.75 Å². The van der Waals surface area contributed by atoms with E-state index in [1.807, 2.05) is 13.1 Å². The molecule has 6 heteroatoms. The Morgan fingerprint density at radius 1 is 1.35 bits per heavy atom. The number of nitrogens with one attached hydrogen (secondary N) is 1. The van der Waals surface area contributed by atoms with E-state index in [0.717, 1.165) is 44.4 Å². The maximum Gasteiger partial charge on any atom is 0.193 e. The molecule has 1 aliphatic heterocycles. The van der Waals surface area contributed by atoms with Gasteiger partial charge < -0.3 is 19.7 Å². The quantitative estimate of drug-likeness (QED) is 0.296. The molecule has 0 bridgehead atoms. The smallest absolute Gasteiger partial charge is 0.193 e. The number of hydrogen-bond acceptors (Lipinski definition) is 3. The summed E-state index contributed by atoms with van der Waals surface area (Å²) in [5.41, 5.74) is 1.42. The summed E-state index contributed by atoms with van der Waals surface area (Å²) in [5.74, 6) is 2.47. The lowest BCUT2D eigenvalue weighted by molar-refractivity contribution is 0.157. The normalized spacial score (nSPS) is 17.8. The largest absolute Gasteiger partial charge is 0.492 e.